The van der Waals surface area contributed by atoms with Gasteiger partial charge in [-0.15, -0.1) is 0 Å². The summed E-state index contributed by atoms with van der Waals surface area (Å²) >= 11 is 0. The maximum Gasteiger partial charge on any atom is 0.427 e. The number of rotatable bonds is 6. The van der Waals surface area contributed by atoms with E-state index in [1.807, 2.05) is 0 Å². The molecule has 0 spiro atoms. The SMILES string of the molecule is CCC(C)(C)C(=O)OCCOC(=O)C(C)(O)C(F)(F)F. The van der Waals surface area contributed by atoms with Gasteiger partial charge in [0.15, 0.2) is 0 Å². The molecule has 8 heteroatoms. The Bertz CT molecular complexity index is 361. The van der Waals surface area contributed by atoms with Crippen LogP contribution in [0.4, 0.5) is 13.2 Å². The van der Waals surface area contributed by atoms with Gasteiger partial charge in [0.1, 0.15) is 13.2 Å². The first-order valence-corrected chi connectivity index (χ1v) is 6.00. The van der Waals surface area contributed by atoms with Crippen LogP contribution in [-0.2, 0) is 19.1 Å². The van der Waals surface area contributed by atoms with Gasteiger partial charge >= 0.3 is 18.1 Å². The smallest absolute Gasteiger partial charge is 0.427 e. The Morgan fingerprint density at radius 3 is 1.75 bits per heavy atom. The second-order valence-corrected chi connectivity index (χ2v) is 5.08. The minimum absolute atomic E-state index is 0.293. The molecular weight excluding hydrogens is 281 g/mol. The predicted molar refractivity (Wildman–Crippen MR) is 62.7 cm³/mol. The van der Waals surface area contributed by atoms with E-state index < -0.39 is 35.7 Å². The van der Waals surface area contributed by atoms with Crippen molar-refractivity contribution >= 4 is 11.9 Å². The minimum Gasteiger partial charge on any atom is -0.462 e. The first-order chi connectivity index (χ1) is 8.86. The normalized spacial score (nSPS) is 15.4. The van der Waals surface area contributed by atoms with Crippen LogP contribution in [0.1, 0.15) is 34.1 Å². The number of hydrogen-bond acceptors (Lipinski definition) is 5. The summed E-state index contributed by atoms with van der Waals surface area (Å²) in [6.45, 7) is 4.44. The molecule has 0 bridgehead atoms. The largest absolute Gasteiger partial charge is 0.462 e. The first-order valence-electron chi connectivity index (χ1n) is 6.00. The monoisotopic (exact) mass is 300 g/mol. The molecule has 1 unspecified atom stereocenters. The quantitative estimate of drug-likeness (QED) is 0.598. The van der Waals surface area contributed by atoms with Crippen LogP contribution in [0.3, 0.4) is 0 Å². The highest BCUT2D eigenvalue weighted by Crippen LogP contribution is 2.30. The van der Waals surface area contributed by atoms with E-state index in [9.17, 15) is 22.8 Å². The van der Waals surface area contributed by atoms with Crippen molar-refractivity contribution in [3.05, 3.63) is 0 Å². The molecule has 1 atom stereocenters. The highest BCUT2D eigenvalue weighted by atomic mass is 19.4. The van der Waals surface area contributed by atoms with Crippen molar-refractivity contribution in [2.24, 2.45) is 5.41 Å². The van der Waals surface area contributed by atoms with Crippen LogP contribution < -0.4 is 0 Å². The van der Waals surface area contributed by atoms with Crippen LogP contribution in [0.5, 0.6) is 0 Å². The number of carbonyl (C=O) groups excluding carboxylic acids is 2. The van der Waals surface area contributed by atoms with Crippen molar-refractivity contribution in [3.63, 3.8) is 0 Å². The molecule has 0 rings (SSSR count). The third kappa shape index (κ3) is 4.66. The fourth-order valence-electron chi connectivity index (χ4n) is 0.865. The van der Waals surface area contributed by atoms with Crippen molar-refractivity contribution in [2.45, 2.75) is 45.9 Å². The van der Waals surface area contributed by atoms with Crippen LogP contribution in [0, 0.1) is 5.41 Å². The van der Waals surface area contributed by atoms with Crippen molar-refractivity contribution in [2.75, 3.05) is 13.2 Å². The zero-order chi connectivity index (χ0) is 16.2. The van der Waals surface area contributed by atoms with Gasteiger partial charge in [0, 0.05) is 0 Å². The second kappa shape index (κ2) is 6.43. The van der Waals surface area contributed by atoms with Crippen molar-refractivity contribution < 1.29 is 37.3 Å². The van der Waals surface area contributed by atoms with Gasteiger partial charge in [-0.2, -0.15) is 13.2 Å². The average molecular weight is 300 g/mol. The second-order valence-electron chi connectivity index (χ2n) is 5.08. The lowest BCUT2D eigenvalue weighted by Crippen LogP contribution is -2.50. The van der Waals surface area contributed by atoms with Crippen LogP contribution in [0.25, 0.3) is 0 Å². The third-order valence-corrected chi connectivity index (χ3v) is 2.94. The molecule has 5 nitrogen and oxygen atoms in total. The lowest BCUT2D eigenvalue weighted by atomic mass is 9.91. The molecule has 0 aliphatic rings. The van der Waals surface area contributed by atoms with Gasteiger partial charge in [0.25, 0.3) is 5.60 Å². The van der Waals surface area contributed by atoms with Gasteiger partial charge in [0.2, 0.25) is 0 Å². The molecule has 1 N–H and O–H groups in total. The number of halogens is 3. The van der Waals surface area contributed by atoms with E-state index in [1.165, 1.54) is 0 Å². The molecule has 0 heterocycles. The Balaban J connectivity index is 4.22. The van der Waals surface area contributed by atoms with Gasteiger partial charge < -0.3 is 14.6 Å². The first kappa shape index (κ1) is 18.7. The standard InChI is InChI=1S/C12H19F3O5/c1-5-10(2,3)8(16)19-6-7-20-9(17)11(4,18)12(13,14)15/h18H,5-7H2,1-4H3. The summed E-state index contributed by atoms with van der Waals surface area (Å²) in [5.74, 6) is -2.38. The number of esters is 2. The number of carbonyl (C=O) groups is 2. The predicted octanol–water partition coefficient (Wildman–Crippen LogP) is 1.82. The molecule has 0 radical (unpaired) electrons. The number of aliphatic hydroxyl groups is 1. The summed E-state index contributed by atoms with van der Waals surface area (Å²) in [5.41, 5.74) is -4.30. The lowest BCUT2D eigenvalue weighted by molar-refractivity contribution is -0.257. The van der Waals surface area contributed by atoms with E-state index in [1.54, 1.807) is 20.8 Å². The summed E-state index contributed by atoms with van der Waals surface area (Å²) in [7, 11) is 0. The summed E-state index contributed by atoms with van der Waals surface area (Å²) in [6.07, 6.45) is -4.61. The molecular formula is C12H19F3O5. The molecule has 0 saturated heterocycles. The molecule has 118 valence electrons. The van der Waals surface area contributed by atoms with Crippen LogP contribution in [0.2, 0.25) is 0 Å². The fourth-order valence-corrected chi connectivity index (χ4v) is 0.865. The van der Waals surface area contributed by atoms with Crippen molar-refractivity contribution in [1.29, 1.82) is 0 Å². The fraction of sp³-hybridized carbons (Fsp3) is 0.833. The Morgan fingerprint density at radius 1 is 1.00 bits per heavy atom. The van der Waals surface area contributed by atoms with E-state index in [0.717, 1.165) is 0 Å². The molecule has 0 amide bonds. The Morgan fingerprint density at radius 2 is 1.40 bits per heavy atom. The molecule has 0 fully saturated rings. The van der Waals surface area contributed by atoms with Gasteiger partial charge in [-0.25, -0.2) is 4.79 Å². The number of ether oxygens (including phenoxy) is 2. The summed E-state index contributed by atoms with van der Waals surface area (Å²) in [5, 5.41) is 8.99. The highest BCUT2D eigenvalue weighted by molar-refractivity contribution is 5.80. The zero-order valence-electron chi connectivity index (χ0n) is 11.8. The van der Waals surface area contributed by atoms with Crippen LogP contribution in [0.15, 0.2) is 0 Å². The summed E-state index contributed by atoms with van der Waals surface area (Å²) in [6, 6.07) is 0. The van der Waals surface area contributed by atoms with Crippen LogP contribution in [-0.4, -0.2) is 42.0 Å². The number of alkyl halides is 3. The third-order valence-electron chi connectivity index (χ3n) is 2.94. The number of hydrogen-bond donors (Lipinski definition) is 1. The molecule has 0 aliphatic heterocycles. The van der Waals surface area contributed by atoms with Crippen molar-refractivity contribution in [1.82, 2.24) is 0 Å². The molecule has 0 saturated carbocycles. The van der Waals surface area contributed by atoms with E-state index >= 15 is 0 Å². The van der Waals surface area contributed by atoms with Gasteiger partial charge in [-0.1, -0.05) is 6.92 Å². The van der Waals surface area contributed by atoms with Gasteiger partial charge in [-0.05, 0) is 27.2 Å². The lowest BCUT2D eigenvalue weighted by Gasteiger charge is -2.24. The van der Waals surface area contributed by atoms with E-state index in [0.29, 0.717) is 13.3 Å². The minimum atomic E-state index is -5.13. The van der Waals surface area contributed by atoms with E-state index in [4.69, 9.17) is 9.84 Å². The molecule has 0 aliphatic carbocycles. The summed E-state index contributed by atoms with van der Waals surface area (Å²) < 4.78 is 45.9. The Hall–Kier alpha value is -1.31. The highest BCUT2D eigenvalue weighted by Gasteiger charge is 2.57. The Kier molecular flexibility index (Phi) is 6.01. The maximum atomic E-state index is 12.3. The molecule has 20 heavy (non-hydrogen) atoms. The zero-order valence-corrected chi connectivity index (χ0v) is 11.8. The molecule has 0 aromatic rings. The Labute approximate surface area is 115 Å². The molecule has 0 aromatic carbocycles. The average Bonchev–Trinajstić information content (AvgIpc) is 2.32. The molecule has 0 aromatic heterocycles. The van der Waals surface area contributed by atoms with Crippen LogP contribution >= 0.6 is 0 Å². The van der Waals surface area contributed by atoms with Gasteiger partial charge in [-0.3, -0.25) is 4.79 Å². The topological polar surface area (TPSA) is 72.8 Å². The van der Waals surface area contributed by atoms with E-state index in [-0.39, 0.29) is 6.61 Å². The van der Waals surface area contributed by atoms with Crippen molar-refractivity contribution in [3.8, 4) is 0 Å². The van der Waals surface area contributed by atoms with Gasteiger partial charge in [0.05, 0.1) is 5.41 Å². The summed E-state index contributed by atoms with van der Waals surface area (Å²) in [4.78, 5) is 22.6. The maximum absolute atomic E-state index is 12.3. The van der Waals surface area contributed by atoms with E-state index in [2.05, 4.69) is 4.74 Å².